The summed E-state index contributed by atoms with van der Waals surface area (Å²) >= 11 is 0. The van der Waals surface area contributed by atoms with E-state index in [1.54, 1.807) is 50.2 Å². The summed E-state index contributed by atoms with van der Waals surface area (Å²) in [7, 11) is -2.37. The first kappa shape index (κ1) is 22.4. The molecule has 0 spiro atoms. The van der Waals surface area contributed by atoms with Gasteiger partial charge in [0, 0.05) is 30.8 Å². The SMILES string of the molecule is CCC(=O)Nc1ccc(C(=O)NCCNS(=O)(=O)c2cc(C)ccc2OC)cc1. The molecule has 0 fully saturated rings. The largest absolute Gasteiger partial charge is 0.495 e. The molecule has 2 aromatic rings. The molecule has 2 amide bonds. The van der Waals surface area contributed by atoms with E-state index < -0.39 is 10.0 Å². The predicted octanol–water partition coefficient (Wildman–Crippen LogP) is 2.06. The predicted molar refractivity (Wildman–Crippen MR) is 111 cm³/mol. The summed E-state index contributed by atoms with van der Waals surface area (Å²) in [6.07, 6.45) is 0.368. The maximum absolute atomic E-state index is 12.5. The Morgan fingerprint density at radius 2 is 1.72 bits per heavy atom. The van der Waals surface area contributed by atoms with Gasteiger partial charge in [-0.3, -0.25) is 9.59 Å². The number of carbonyl (C=O) groups is 2. The summed E-state index contributed by atoms with van der Waals surface area (Å²) in [5.74, 6) is -0.201. The molecule has 0 bridgehead atoms. The normalized spacial score (nSPS) is 11.0. The molecule has 0 aliphatic heterocycles. The van der Waals surface area contributed by atoms with Crippen molar-refractivity contribution in [1.29, 1.82) is 0 Å². The number of aryl methyl sites for hydroxylation is 1. The number of sulfonamides is 1. The molecule has 156 valence electrons. The first-order chi connectivity index (χ1) is 13.8. The molecule has 0 aliphatic carbocycles. The van der Waals surface area contributed by atoms with Crippen LogP contribution in [0.3, 0.4) is 0 Å². The van der Waals surface area contributed by atoms with Crippen molar-refractivity contribution >= 4 is 27.5 Å². The second kappa shape index (κ2) is 10.0. The fourth-order valence-corrected chi connectivity index (χ4v) is 3.77. The van der Waals surface area contributed by atoms with E-state index in [4.69, 9.17) is 4.74 Å². The molecule has 0 radical (unpaired) electrons. The molecule has 9 heteroatoms. The van der Waals surface area contributed by atoms with Gasteiger partial charge in [0.15, 0.2) is 0 Å². The second-order valence-corrected chi connectivity index (χ2v) is 8.02. The number of hydrogen-bond acceptors (Lipinski definition) is 5. The topological polar surface area (TPSA) is 114 Å². The molecule has 0 aliphatic rings. The molecule has 0 unspecified atom stereocenters. The Bertz CT molecular complexity index is 972. The molecule has 0 aromatic heterocycles. The van der Waals surface area contributed by atoms with Crippen LogP contribution in [0.5, 0.6) is 5.75 Å². The highest BCUT2D eigenvalue weighted by atomic mass is 32.2. The van der Waals surface area contributed by atoms with E-state index in [-0.39, 0.29) is 35.5 Å². The van der Waals surface area contributed by atoms with Crippen molar-refractivity contribution in [2.75, 3.05) is 25.5 Å². The minimum atomic E-state index is -3.77. The third kappa shape index (κ3) is 6.30. The lowest BCUT2D eigenvalue weighted by atomic mass is 10.2. The molecule has 2 aromatic carbocycles. The van der Waals surface area contributed by atoms with Crippen LogP contribution in [-0.2, 0) is 14.8 Å². The van der Waals surface area contributed by atoms with Crippen LogP contribution in [-0.4, -0.2) is 40.4 Å². The number of hydrogen-bond donors (Lipinski definition) is 3. The smallest absolute Gasteiger partial charge is 0.251 e. The maximum Gasteiger partial charge on any atom is 0.251 e. The third-order valence-corrected chi connectivity index (χ3v) is 5.55. The standard InChI is InChI=1S/C20H25N3O5S/c1-4-19(24)23-16-8-6-15(7-9-16)20(25)21-11-12-22-29(26,27)18-13-14(2)5-10-17(18)28-3/h5-10,13,22H,4,11-12H2,1-3H3,(H,21,25)(H,23,24). The summed E-state index contributed by atoms with van der Waals surface area (Å²) < 4.78 is 32.5. The van der Waals surface area contributed by atoms with Gasteiger partial charge in [-0.2, -0.15) is 0 Å². The summed E-state index contributed by atoms with van der Waals surface area (Å²) in [6.45, 7) is 3.67. The lowest BCUT2D eigenvalue weighted by molar-refractivity contribution is -0.115. The van der Waals surface area contributed by atoms with E-state index >= 15 is 0 Å². The fraction of sp³-hybridized carbons (Fsp3) is 0.300. The molecule has 3 N–H and O–H groups in total. The van der Waals surface area contributed by atoms with Gasteiger partial charge in [-0.15, -0.1) is 0 Å². The van der Waals surface area contributed by atoms with Crippen molar-refractivity contribution in [2.24, 2.45) is 0 Å². The van der Waals surface area contributed by atoms with Crippen molar-refractivity contribution in [1.82, 2.24) is 10.0 Å². The molecular formula is C20H25N3O5S. The minimum absolute atomic E-state index is 0.0236. The van der Waals surface area contributed by atoms with Crippen molar-refractivity contribution < 1.29 is 22.7 Å². The maximum atomic E-state index is 12.5. The number of ether oxygens (including phenoxy) is 1. The van der Waals surface area contributed by atoms with Gasteiger partial charge in [0.05, 0.1) is 7.11 Å². The zero-order chi connectivity index (χ0) is 21.4. The number of anilines is 1. The summed E-state index contributed by atoms with van der Waals surface area (Å²) in [6, 6.07) is 11.3. The second-order valence-electron chi connectivity index (χ2n) is 6.29. The van der Waals surface area contributed by atoms with Crippen LogP contribution in [0, 0.1) is 6.92 Å². The average molecular weight is 420 g/mol. The Hall–Kier alpha value is -2.91. The van der Waals surface area contributed by atoms with Crippen LogP contribution in [0.2, 0.25) is 0 Å². The van der Waals surface area contributed by atoms with Gasteiger partial charge in [0.2, 0.25) is 15.9 Å². The quantitative estimate of drug-likeness (QED) is 0.539. The van der Waals surface area contributed by atoms with Gasteiger partial charge in [0.25, 0.3) is 5.91 Å². The van der Waals surface area contributed by atoms with E-state index in [0.717, 1.165) is 5.56 Å². The summed E-state index contributed by atoms with van der Waals surface area (Å²) in [5, 5.41) is 5.35. The Balaban J connectivity index is 1.89. The van der Waals surface area contributed by atoms with Gasteiger partial charge in [0.1, 0.15) is 10.6 Å². The molecule has 0 heterocycles. The lowest BCUT2D eigenvalue weighted by Gasteiger charge is -2.12. The highest BCUT2D eigenvalue weighted by Crippen LogP contribution is 2.24. The number of amides is 2. The van der Waals surface area contributed by atoms with Crippen molar-refractivity contribution in [3.8, 4) is 5.75 Å². The van der Waals surface area contributed by atoms with Crippen molar-refractivity contribution in [2.45, 2.75) is 25.2 Å². The van der Waals surface area contributed by atoms with Gasteiger partial charge < -0.3 is 15.4 Å². The van der Waals surface area contributed by atoms with Gasteiger partial charge in [-0.1, -0.05) is 13.0 Å². The molecule has 0 atom stereocenters. The minimum Gasteiger partial charge on any atom is -0.495 e. The highest BCUT2D eigenvalue weighted by molar-refractivity contribution is 7.89. The van der Waals surface area contributed by atoms with Crippen LogP contribution in [0.4, 0.5) is 5.69 Å². The molecule has 0 saturated heterocycles. The monoisotopic (exact) mass is 419 g/mol. The van der Waals surface area contributed by atoms with E-state index in [0.29, 0.717) is 17.7 Å². The molecular weight excluding hydrogens is 394 g/mol. The highest BCUT2D eigenvalue weighted by Gasteiger charge is 2.19. The van der Waals surface area contributed by atoms with Crippen molar-refractivity contribution in [3.05, 3.63) is 53.6 Å². The van der Waals surface area contributed by atoms with Crippen molar-refractivity contribution in [3.63, 3.8) is 0 Å². The van der Waals surface area contributed by atoms with Gasteiger partial charge in [-0.05, 0) is 48.9 Å². The van der Waals surface area contributed by atoms with E-state index in [2.05, 4.69) is 15.4 Å². The summed E-state index contributed by atoms with van der Waals surface area (Å²) in [4.78, 5) is 23.6. The summed E-state index contributed by atoms with van der Waals surface area (Å²) in [5.41, 5.74) is 1.80. The fourth-order valence-electron chi connectivity index (χ4n) is 2.49. The van der Waals surface area contributed by atoms with Crippen LogP contribution in [0.25, 0.3) is 0 Å². The van der Waals surface area contributed by atoms with Crippen LogP contribution in [0.1, 0.15) is 29.3 Å². The first-order valence-electron chi connectivity index (χ1n) is 9.09. The molecule has 2 rings (SSSR count). The lowest BCUT2D eigenvalue weighted by Crippen LogP contribution is -2.34. The number of methoxy groups -OCH3 is 1. The van der Waals surface area contributed by atoms with Gasteiger partial charge >= 0.3 is 0 Å². The average Bonchev–Trinajstić information content (AvgIpc) is 2.71. The zero-order valence-corrected chi connectivity index (χ0v) is 17.4. The zero-order valence-electron chi connectivity index (χ0n) is 16.6. The Labute approximate surface area is 170 Å². The molecule has 29 heavy (non-hydrogen) atoms. The Morgan fingerprint density at radius 1 is 1.03 bits per heavy atom. The van der Waals surface area contributed by atoms with Gasteiger partial charge in [-0.25, -0.2) is 13.1 Å². The van der Waals surface area contributed by atoms with Crippen LogP contribution < -0.4 is 20.1 Å². The third-order valence-electron chi connectivity index (χ3n) is 4.06. The van der Waals surface area contributed by atoms with Crippen LogP contribution in [0.15, 0.2) is 47.4 Å². The van der Waals surface area contributed by atoms with E-state index in [1.807, 2.05) is 0 Å². The van der Waals surface area contributed by atoms with E-state index in [1.165, 1.54) is 13.2 Å². The van der Waals surface area contributed by atoms with E-state index in [9.17, 15) is 18.0 Å². The Kier molecular flexibility index (Phi) is 7.74. The van der Waals surface area contributed by atoms with Crippen LogP contribution >= 0.6 is 0 Å². The number of nitrogens with one attached hydrogen (secondary N) is 3. The number of benzene rings is 2. The molecule has 8 nitrogen and oxygen atoms in total. The number of rotatable bonds is 9. The Morgan fingerprint density at radius 3 is 2.34 bits per heavy atom. The number of carbonyl (C=O) groups excluding carboxylic acids is 2. The first-order valence-corrected chi connectivity index (χ1v) is 10.6. The molecule has 0 saturated carbocycles.